The molecule has 3 aromatic rings. The van der Waals surface area contributed by atoms with Crippen molar-refractivity contribution in [3.8, 4) is 17.2 Å². The number of ether oxygens (including phenoxy) is 3. The van der Waals surface area contributed by atoms with Crippen LogP contribution in [-0.4, -0.2) is 79.7 Å². The van der Waals surface area contributed by atoms with Gasteiger partial charge in [0.1, 0.15) is 17.2 Å². The smallest absolute Gasteiger partial charge is 0.119 e. The number of piperidine rings is 3. The van der Waals surface area contributed by atoms with Crippen LogP contribution in [0.25, 0.3) is 0 Å². The Morgan fingerprint density at radius 1 is 0.566 bits per heavy atom. The largest absolute Gasteiger partial charge is 0.497 e. The van der Waals surface area contributed by atoms with Crippen LogP contribution in [0, 0.1) is 35.5 Å². The summed E-state index contributed by atoms with van der Waals surface area (Å²) in [6, 6.07) is 24.9. The molecule has 0 amide bonds. The van der Waals surface area contributed by atoms with Gasteiger partial charge in [-0.1, -0.05) is 64.6 Å². The number of alkyl halides is 1. The van der Waals surface area contributed by atoms with Gasteiger partial charge in [0, 0.05) is 51.1 Å². The van der Waals surface area contributed by atoms with Crippen molar-refractivity contribution in [3.63, 3.8) is 0 Å². The van der Waals surface area contributed by atoms with Gasteiger partial charge in [0.15, 0.2) is 0 Å². The van der Waals surface area contributed by atoms with Gasteiger partial charge < -0.3 is 19.3 Å². The summed E-state index contributed by atoms with van der Waals surface area (Å²) in [5, 5.41) is 11.2. The molecule has 6 bridgehead atoms. The Bertz CT molecular complexity index is 1580. The number of methoxy groups -OCH3 is 3. The van der Waals surface area contributed by atoms with Gasteiger partial charge in [0.25, 0.3) is 0 Å². The van der Waals surface area contributed by atoms with Gasteiger partial charge >= 0.3 is 0 Å². The summed E-state index contributed by atoms with van der Waals surface area (Å²) in [5.74, 6) is 6.90. The van der Waals surface area contributed by atoms with E-state index in [0.717, 1.165) is 79.6 Å². The summed E-state index contributed by atoms with van der Waals surface area (Å²) >= 11 is 7.07. The third-order valence-corrected chi connectivity index (χ3v) is 15.5. The molecular formula is C42H59ClN3O4P3. The molecule has 6 fully saturated rings. The molecule has 0 radical (unpaired) electrons. The molecule has 3 aliphatic heterocycles. The zero-order valence-electron chi connectivity index (χ0n) is 31.6. The van der Waals surface area contributed by atoms with Crippen LogP contribution in [0.1, 0.15) is 61.1 Å². The summed E-state index contributed by atoms with van der Waals surface area (Å²) in [4.78, 5) is -0.193. The fourth-order valence-corrected chi connectivity index (χ4v) is 12.9. The van der Waals surface area contributed by atoms with Crippen molar-refractivity contribution in [1.29, 1.82) is 0 Å². The third-order valence-electron chi connectivity index (χ3n) is 13.4. The van der Waals surface area contributed by atoms with Gasteiger partial charge in [-0.15, -0.1) is 11.6 Å². The highest BCUT2D eigenvalue weighted by Gasteiger charge is 2.54. The molecule has 3 heterocycles. The van der Waals surface area contributed by atoms with Gasteiger partial charge in [-0.05, 0) is 121 Å². The van der Waals surface area contributed by atoms with Crippen LogP contribution in [0.2, 0.25) is 0 Å². The molecular weight excluding hydrogens is 739 g/mol. The van der Waals surface area contributed by atoms with E-state index >= 15 is 0 Å². The number of hydrogen-bond acceptors (Lipinski definition) is 7. The Morgan fingerprint density at radius 2 is 0.981 bits per heavy atom. The first kappa shape index (κ1) is 39.7. The van der Waals surface area contributed by atoms with Crippen LogP contribution in [0.3, 0.4) is 0 Å². The number of rotatable bonds is 6. The van der Waals surface area contributed by atoms with Gasteiger partial charge in [0.2, 0.25) is 0 Å². The zero-order chi connectivity index (χ0) is 37.3. The van der Waals surface area contributed by atoms with E-state index in [0.29, 0.717) is 23.7 Å². The van der Waals surface area contributed by atoms with Crippen molar-refractivity contribution in [2.75, 3.05) is 60.6 Å². The first-order valence-corrected chi connectivity index (χ1v) is 21.3. The number of fused-ring (bicyclic) bond motifs is 6. The molecule has 0 aromatic heterocycles. The molecule has 9 atom stereocenters. The van der Waals surface area contributed by atoms with E-state index in [1.54, 1.807) is 21.3 Å². The molecule has 288 valence electrons. The Balaban J connectivity index is 0.000000123. The highest BCUT2D eigenvalue weighted by molar-refractivity contribution is 7.13. The van der Waals surface area contributed by atoms with Crippen molar-refractivity contribution >= 4 is 39.8 Å². The topological polar surface area (TPSA) is 57.6 Å². The number of hydrogen-bond donors (Lipinski definition) is 1. The second kappa shape index (κ2) is 16.9. The van der Waals surface area contributed by atoms with E-state index in [1.165, 1.54) is 49.9 Å². The summed E-state index contributed by atoms with van der Waals surface area (Å²) < 4.78 is 23.0. The molecule has 11 heteroatoms. The number of halogens is 1. The van der Waals surface area contributed by atoms with Crippen LogP contribution in [0.15, 0.2) is 72.8 Å². The van der Waals surface area contributed by atoms with Crippen LogP contribution in [0.5, 0.6) is 17.2 Å². The minimum absolute atomic E-state index is 0.193. The number of aliphatic hydroxyl groups is 1. The first-order valence-electron chi connectivity index (χ1n) is 19.4. The van der Waals surface area contributed by atoms with Gasteiger partial charge in [0.05, 0.1) is 31.8 Å². The maximum Gasteiger partial charge on any atom is 0.119 e. The molecule has 3 aromatic carbocycles. The van der Waals surface area contributed by atoms with E-state index in [1.807, 2.05) is 42.5 Å². The Morgan fingerprint density at radius 3 is 1.51 bits per heavy atom. The molecule has 1 N–H and O–H groups in total. The van der Waals surface area contributed by atoms with Crippen molar-refractivity contribution in [2.24, 2.45) is 35.5 Å². The van der Waals surface area contributed by atoms with Gasteiger partial charge in [-0.2, -0.15) is 0 Å². The SMILES string of the molecule is COc1cccc(C2(Cl)C3CCC2CN(P)C3)c1.COc1cccc(C2(O)C3CCC2CN(P)C3)c1.COc1cccc(C2C3CCC2CN(P)C3)c1. The van der Waals surface area contributed by atoms with Crippen molar-refractivity contribution in [2.45, 2.75) is 54.9 Å². The monoisotopic (exact) mass is 797 g/mol. The zero-order valence-corrected chi connectivity index (χ0v) is 35.8. The molecule has 9 unspecified atom stereocenters. The van der Waals surface area contributed by atoms with Crippen LogP contribution >= 0.6 is 39.8 Å². The second-order valence-corrected chi connectivity index (χ2v) is 19.1. The maximum absolute atomic E-state index is 11.2. The Labute approximate surface area is 329 Å². The third kappa shape index (κ3) is 8.04. The highest BCUT2D eigenvalue weighted by atomic mass is 35.5. The predicted octanol–water partition coefficient (Wildman–Crippen LogP) is 8.19. The summed E-state index contributed by atoms with van der Waals surface area (Å²) in [6.07, 6.45) is 7.47. The van der Waals surface area contributed by atoms with E-state index in [4.69, 9.17) is 25.8 Å². The minimum Gasteiger partial charge on any atom is -0.497 e. The molecule has 3 aliphatic carbocycles. The van der Waals surface area contributed by atoms with E-state index in [9.17, 15) is 5.11 Å². The first-order chi connectivity index (χ1) is 25.6. The maximum atomic E-state index is 11.2. The standard InChI is InChI=1S/C14H19ClNOP.C14H20NO2P.C14H20NOP/c1-17-13-4-2-3-10(7-13)14(15)11-5-6-12(14)9-16(18)8-11;1-17-13-4-2-3-10(7-13)14(16)11-5-6-12(14)9-15(18)8-11;1-16-13-4-2-3-10(7-13)14-11-5-6-12(14)9-15(17)8-11/h2-4,7,11-12H,5-6,8-9,18H2,1H3;2-4,7,11-12,16H,5-6,8-9,18H2,1H3;2-4,7,11-12,14H,5-6,8-9,17H2,1H3. The molecule has 0 spiro atoms. The van der Waals surface area contributed by atoms with Gasteiger partial charge in [-0.25, -0.2) is 0 Å². The molecule has 3 saturated carbocycles. The van der Waals surface area contributed by atoms with Crippen LogP contribution in [-0.2, 0) is 10.5 Å². The predicted molar refractivity (Wildman–Crippen MR) is 226 cm³/mol. The molecule has 53 heavy (non-hydrogen) atoms. The lowest BCUT2D eigenvalue weighted by molar-refractivity contribution is -0.0730. The van der Waals surface area contributed by atoms with E-state index in [2.05, 4.69) is 72.5 Å². The lowest BCUT2D eigenvalue weighted by Gasteiger charge is -2.43. The lowest BCUT2D eigenvalue weighted by atomic mass is 9.76. The Kier molecular flexibility index (Phi) is 12.7. The minimum atomic E-state index is -0.665. The molecule has 7 nitrogen and oxygen atoms in total. The molecule has 9 rings (SSSR count). The van der Waals surface area contributed by atoms with E-state index in [-0.39, 0.29) is 4.87 Å². The normalized spacial score (nSPS) is 34.8. The average molecular weight is 798 g/mol. The summed E-state index contributed by atoms with van der Waals surface area (Å²) in [6.45, 7) is 6.50. The molecule has 3 saturated heterocycles. The van der Waals surface area contributed by atoms with Crippen LogP contribution < -0.4 is 14.2 Å². The van der Waals surface area contributed by atoms with Gasteiger partial charge in [-0.3, -0.25) is 14.0 Å². The lowest BCUT2D eigenvalue weighted by Crippen LogP contribution is -2.48. The summed E-state index contributed by atoms with van der Waals surface area (Å²) in [5.41, 5.74) is 3.07. The van der Waals surface area contributed by atoms with Crippen LogP contribution in [0.4, 0.5) is 0 Å². The second-order valence-electron chi connectivity index (χ2n) is 16.3. The molecule has 6 aliphatic rings. The average Bonchev–Trinajstić information content (AvgIpc) is 3.59. The number of nitrogens with zero attached hydrogens (tertiary/aromatic N) is 3. The fourth-order valence-electron chi connectivity index (χ4n) is 10.9. The Hall–Kier alpha value is -1.52. The summed E-state index contributed by atoms with van der Waals surface area (Å²) in [7, 11) is 13.6. The number of benzene rings is 3. The van der Waals surface area contributed by atoms with Crippen molar-refractivity contribution < 1.29 is 19.3 Å². The quantitative estimate of drug-likeness (QED) is 0.200. The highest BCUT2D eigenvalue weighted by Crippen LogP contribution is 2.57. The van der Waals surface area contributed by atoms with E-state index < -0.39 is 5.60 Å². The van der Waals surface area contributed by atoms with Crippen molar-refractivity contribution in [1.82, 2.24) is 14.0 Å². The van der Waals surface area contributed by atoms with Crippen molar-refractivity contribution in [3.05, 3.63) is 89.5 Å². The fraction of sp³-hybridized carbons (Fsp3) is 0.571.